The normalized spacial score (nSPS) is 15.0. The summed E-state index contributed by atoms with van der Waals surface area (Å²) in [6.45, 7) is 20.1. The lowest BCUT2D eigenvalue weighted by Gasteiger charge is -2.35. The maximum atomic E-state index is 9.38. The molecule has 1 fully saturated rings. The van der Waals surface area contributed by atoms with Crippen molar-refractivity contribution in [1.82, 2.24) is 0 Å². The summed E-state index contributed by atoms with van der Waals surface area (Å²) in [5.41, 5.74) is 3.05. The van der Waals surface area contributed by atoms with Crippen LogP contribution in [0.25, 0.3) is 60.5 Å². The number of rotatable bonds is 10. The maximum absolute atomic E-state index is 9.38. The fourth-order valence-electron chi connectivity index (χ4n) is 6.79. The van der Waals surface area contributed by atoms with E-state index in [0.717, 1.165) is 61.6 Å². The topological polar surface area (TPSA) is 74.8 Å². The van der Waals surface area contributed by atoms with Gasteiger partial charge in [0.2, 0.25) is 0 Å². The van der Waals surface area contributed by atoms with E-state index in [0.29, 0.717) is 13.2 Å². The van der Waals surface area contributed by atoms with Crippen LogP contribution in [0.2, 0.25) is 0 Å². The van der Waals surface area contributed by atoms with Crippen LogP contribution in [0.5, 0.6) is 11.5 Å². The summed E-state index contributed by atoms with van der Waals surface area (Å²) in [5, 5.41) is 18.7. The summed E-state index contributed by atoms with van der Waals surface area (Å²) >= 11 is 8.75. The molecule has 11 heteroatoms. The maximum Gasteiger partial charge on any atom is 0.263 e. The van der Waals surface area contributed by atoms with Crippen molar-refractivity contribution in [1.29, 1.82) is 10.5 Å². The molecule has 0 aromatic carbocycles. The predicted octanol–water partition coefficient (Wildman–Crippen LogP) is 12.9. The van der Waals surface area contributed by atoms with Gasteiger partial charge in [0.05, 0.1) is 62.7 Å². The van der Waals surface area contributed by atoms with Crippen molar-refractivity contribution >= 4 is 78.2 Å². The van der Waals surface area contributed by atoms with Gasteiger partial charge in [0.1, 0.15) is 11.5 Å². The standard InChI is InChI=1S/C38H30N4O2S5/c1-5-12-43-27-16-24(14-22(20-39)41-3)45-34(27)29-18-26-33(47-29)37-32(38(26)10-8-7-9-11-38)36-31(49-37)19-30(48-36)35-28(44-13-6-2)17-25(46-35)15-23(21-40)42-4/h14-19H,5-13H2,1-2H3/b22-14+,23-15-. The molecule has 0 aliphatic heterocycles. The number of nitriles is 2. The third-order valence-electron chi connectivity index (χ3n) is 8.84. The fraction of sp³-hybridized carbons (Fsp3) is 0.316. The molecule has 6 nitrogen and oxygen atoms in total. The van der Waals surface area contributed by atoms with Gasteiger partial charge >= 0.3 is 0 Å². The Morgan fingerprint density at radius 3 is 1.86 bits per heavy atom. The fourth-order valence-corrected chi connectivity index (χ4v) is 13.3. The van der Waals surface area contributed by atoms with Gasteiger partial charge in [0, 0.05) is 35.2 Å². The molecule has 0 radical (unpaired) electrons. The lowest BCUT2D eigenvalue weighted by molar-refractivity contribution is 0.320. The highest BCUT2D eigenvalue weighted by Crippen LogP contribution is 2.65. The second-order valence-corrected chi connectivity index (χ2v) is 17.3. The molecular formula is C38H30N4O2S5. The second-order valence-electron chi connectivity index (χ2n) is 12.0. The van der Waals surface area contributed by atoms with Crippen LogP contribution in [-0.4, -0.2) is 13.2 Å². The van der Waals surface area contributed by atoms with E-state index < -0.39 is 0 Å². The number of hydrogen-bond acceptors (Lipinski definition) is 9. The van der Waals surface area contributed by atoms with E-state index in [9.17, 15) is 10.5 Å². The molecule has 0 unspecified atom stereocenters. The average molecular weight is 735 g/mol. The van der Waals surface area contributed by atoms with Crippen molar-refractivity contribution in [3.8, 4) is 52.9 Å². The van der Waals surface area contributed by atoms with E-state index in [1.807, 2.05) is 58.3 Å². The van der Waals surface area contributed by atoms with Crippen molar-refractivity contribution in [3.63, 3.8) is 0 Å². The first-order chi connectivity index (χ1) is 24.0. The second kappa shape index (κ2) is 14.0. The van der Waals surface area contributed by atoms with Gasteiger partial charge in [0.25, 0.3) is 11.4 Å². The molecular weight excluding hydrogens is 705 g/mol. The zero-order valence-electron chi connectivity index (χ0n) is 27.0. The SMILES string of the molecule is [C-]#[N+]/C(C#N)=C\c1cc(OCCC)c(-c2cc3sc4c(c3s2)C2(CCCCC2)c2cc(-c3sc(/C=C(\C#N)[N+]#[C-])cc3OCCC)sc2-4)s1. The zero-order valence-corrected chi connectivity index (χ0v) is 31.1. The van der Waals surface area contributed by atoms with Gasteiger partial charge in [-0.3, -0.25) is 0 Å². The van der Waals surface area contributed by atoms with E-state index in [4.69, 9.17) is 22.6 Å². The Balaban J connectivity index is 1.34. The van der Waals surface area contributed by atoms with Gasteiger partial charge in [-0.1, -0.05) is 33.1 Å². The molecule has 1 saturated carbocycles. The smallest absolute Gasteiger partial charge is 0.263 e. The molecule has 0 atom stereocenters. The Hall–Kier alpha value is -4.20. The van der Waals surface area contributed by atoms with E-state index in [1.165, 1.54) is 54.4 Å². The number of nitrogens with zero attached hydrogens (tertiary/aromatic N) is 4. The molecule has 0 N–H and O–H groups in total. The van der Waals surface area contributed by atoms with Crippen molar-refractivity contribution in [2.45, 2.75) is 64.2 Å². The van der Waals surface area contributed by atoms with E-state index in [2.05, 4.69) is 35.7 Å². The molecule has 2 aliphatic carbocycles. The summed E-state index contributed by atoms with van der Waals surface area (Å²) in [6, 6.07) is 12.6. The van der Waals surface area contributed by atoms with Crippen LogP contribution in [0.1, 0.15) is 79.7 Å². The minimum atomic E-state index is -0.0250. The van der Waals surface area contributed by atoms with Crippen molar-refractivity contribution in [2.75, 3.05) is 13.2 Å². The van der Waals surface area contributed by atoms with Gasteiger partial charge in [-0.05, 0) is 67.7 Å². The minimum absolute atomic E-state index is 0.0250. The molecule has 1 spiro atoms. The van der Waals surface area contributed by atoms with Crippen LogP contribution in [0.3, 0.4) is 0 Å². The predicted molar refractivity (Wildman–Crippen MR) is 205 cm³/mol. The summed E-state index contributed by atoms with van der Waals surface area (Å²) < 4.78 is 15.1. The highest BCUT2D eigenvalue weighted by atomic mass is 32.1. The number of ether oxygens (including phenoxy) is 2. The first-order valence-electron chi connectivity index (χ1n) is 16.2. The average Bonchev–Trinajstić information content (AvgIpc) is 3.96. The van der Waals surface area contributed by atoms with Crippen LogP contribution >= 0.6 is 56.7 Å². The van der Waals surface area contributed by atoms with Crippen molar-refractivity contribution in [2.24, 2.45) is 0 Å². The Morgan fingerprint density at radius 2 is 1.33 bits per heavy atom. The molecule has 0 amide bonds. The van der Waals surface area contributed by atoms with Gasteiger partial charge < -0.3 is 9.47 Å². The van der Waals surface area contributed by atoms with Crippen LogP contribution in [-0.2, 0) is 5.41 Å². The number of thiophene rings is 5. The molecule has 0 saturated heterocycles. The first-order valence-corrected chi connectivity index (χ1v) is 20.3. The van der Waals surface area contributed by atoms with Gasteiger partial charge in [0.15, 0.2) is 0 Å². The van der Waals surface area contributed by atoms with Gasteiger partial charge in [-0.15, -0.1) is 56.7 Å². The molecule has 244 valence electrons. The molecule has 0 bridgehead atoms. The van der Waals surface area contributed by atoms with E-state index in [1.54, 1.807) is 34.8 Å². The zero-order chi connectivity index (χ0) is 34.1. The number of fused-ring (bicyclic) bond motifs is 7. The van der Waals surface area contributed by atoms with E-state index in [-0.39, 0.29) is 16.8 Å². The Morgan fingerprint density at radius 1 is 0.755 bits per heavy atom. The highest BCUT2D eigenvalue weighted by Gasteiger charge is 2.48. The number of hydrogen-bond donors (Lipinski definition) is 0. The Labute approximate surface area is 306 Å². The Kier molecular flexibility index (Phi) is 9.49. The third-order valence-corrected chi connectivity index (χ3v) is 15.0. The quantitative estimate of drug-likeness (QED) is 0.106. The van der Waals surface area contributed by atoms with Crippen LogP contribution < -0.4 is 9.47 Å². The largest absolute Gasteiger partial charge is 0.492 e. The summed E-state index contributed by atoms with van der Waals surface area (Å²) in [5.74, 6) is 1.63. The third kappa shape index (κ3) is 5.91. The van der Waals surface area contributed by atoms with Crippen LogP contribution in [0.4, 0.5) is 0 Å². The summed E-state index contributed by atoms with van der Waals surface area (Å²) in [4.78, 5) is 15.6. The Bertz CT molecular complexity index is 2280. The molecule has 49 heavy (non-hydrogen) atoms. The van der Waals surface area contributed by atoms with Crippen LogP contribution in [0.15, 0.2) is 35.7 Å². The summed E-state index contributed by atoms with van der Waals surface area (Å²) in [7, 11) is 0. The first kappa shape index (κ1) is 33.3. The molecule has 7 rings (SSSR count). The molecule has 2 aliphatic rings. The molecule has 5 heterocycles. The highest BCUT2D eigenvalue weighted by molar-refractivity contribution is 7.34. The van der Waals surface area contributed by atoms with Crippen molar-refractivity contribution in [3.05, 3.63) is 79.4 Å². The monoisotopic (exact) mass is 734 g/mol. The van der Waals surface area contributed by atoms with E-state index >= 15 is 0 Å². The van der Waals surface area contributed by atoms with Gasteiger partial charge in [-0.25, -0.2) is 20.2 Å². The minimum Gasteiger partial charge on any atom is -0.492 e. The number of allylic oxidation sites excluding steroid dienone is 2. The lowest BCUT2D eigenvalue weighted by Crippen LogP contribution is -2.27. The summed E-state index contributed by atoms with van der Waals surface area (Å²) in [6.07, 6.45) is 11.0. The van der Waals surface area contributed by atoms with Crippen molar-refractivity contribution < 1.29 is 9.47 Å². The molecule has 5 aromatic heterocycles. The lowest BCUT2D eigenvalue weighted by atomic mass is 9.68. The molecule has 5 aromatic rings. The van der Waals surface area contributed by atoms with Crippen LogP contribution in [0, 0.1) is 35.8 Å². The van der Waals surface area contributed by atoms with Gasteiger partial charge in [-0.2, -0.15) is 0 Å².